The molecule has 1 aromatic heterocycles. The van der Waals surface area contributed by atoms with Crippen molar-refractivity contribution in [1.29, 1.82) is 0 Å². The van der Waals surface area contributed by atoms with Gasteiger partial charge in [0.05, 0.1) is 6.54 Å². The Kier molecular flexibility index (Phi) is 4.65. The second-order valence-electron chi connectivity index (χ2n) is 6.58. The molecule has 7 heteroatoms. The SMILES string of the molecule is O=C([C@@H]1CCc2ccccc2O1)N1CCN(CCn2cncn2)CC1. The largest absolute Gasteiger partial charge is 0.480 e. The highest BCUT2D eigenvalue weighted by Gasteiger charge is 2.31. The Morgan fingerprint density at radius 3 is 2.80 bits per heavy atom. The second-order valence-corrected chi connectivity index (χ2v) is 6.58. The zero-order chi connectivity index (χ0) is 17.1. The van der Waals surface area contributed by atoms with Crippen LogP contribution in [-0.2, 0) is 17.8 Å². The van der Waals surface area contributed by atoms with E-state index < -0.39 is 0 Å². The number of carbonyl (C=O) groups is 1. The molecule has 1 saturated heterocycles. The number of amides is 1. The minimum absolute atomic E-state index is 0.130. The highest BCUT2D eigenvalue weighted by molar-refractivity contribution is 5.81. The van der Waals surface area contributed by atoms with Gasteiger partial charge >= 0.3 is 0 Å². The van der Waals surface area contributed by atoms with Crippen molar-refractivity contribution in [2.75, 3.05) is 32.7 Å². The molecule has 2 aromatic rings. The average Bonchev–Trinajstić information content (AvgIpc) is 3.19. The molecule has 0 N–H and O–H groups in total. The molecule has 0 aliphatic carbocycles. The monoisotopic (exact) mass is 341 g/mol. The Balaban J connectivity index is 1.27. The fourth-order valence-electron chi connectivity index (χ4n) is 3.49. The molecular weight excluding hydrogens is 318 g/mol. The van der Waals surface area contributed by atoms with Crippen molar-refractivity contribution in [3.63, 3.8) is 0 Å². The van der Waals surface area contributed by atoms with E-state index in [9.17, 15) is 4.79 Å². The van der Waals surface area contributed by atoms with Crippen molar-refractivity contribution in [3.05, 3.63) is 42.5 Å². The van der Waals surface area contributed by atoms with E-state index in [2.05, 4.69) is 21.0 Å². The Hall–Kier alpha value is -2.41. The van der Waals surface area contributed by atoms with Crippen molar-refractivity contribution in [2.45, 2.75) is 25.5 Å². The molecule has 1 amide bonds. The van der Waals surface area contributed by atoms with Crippen LogP contribution in [0.15, 0.2) is 36.9 Å². The van der Waals surface area contributed by atoms with Crippen LogP contribution in [0.1, 0.15) is 12.0 Å². The Morgan fingerprint density at radius 1 is 1.16 bits per heavy atom. The summed E-state index contributed by atoms with van der Waals surface area (Å²) in [6.45, 7) is 5.07. The van der Waals surface area contributed by atoms with E-state index in [1.165, 1.54) is 5.56 Å². The molecule has 4 rings (SSSR count). The molecule has 132 valence electrons. The summed E-state index contributed by atoms with van der Waals surface area (Å²) in [7, 11) is 0. The lowest BCUT2D eigenvalue weighted by atomic mass is 10.0. The molecule has 2 aliphatic rings. The van der Waals surface area contributed by atoms with E-state index in [1.54, 1.807) is 12.7 Å². The van der Waals surface area contributed by atoms with Crippen LogP contribution in [0.5, 0.6) is 5.75 Å². The zero-order valence-electron chi connectivity index (χ0n) is 14.3. The van der Waals surface area contributed by atoms with Gasteiger partial charge in [-0.2, -0.15) is 5.10 Å². The first-order chi connectivity index (χ1) is 12.3. The van der Waals surface area contributed by atoms with Gasteiger partial charge in [0.2, 0.25) is 0 Å². The summed E-state index contributed by atoms with van der Waals surface area (Å²) in [5, 5.41) is 4.12. The molecule has 1 fully saturated rings. The van der Waals surface area contributed by atoms with Crippen LogP contribution in [0.4, 0.5) is 0 Å². The summed E-state index contributed by atoms with van der Waals surface area (Å²) in [6, 6.07) is 8.00. The van der Waals surface area contributed by atoms with Gasteiger partial charge in [0, 0.05) is 32.7 Å². The van der Waals surface area contributed by atoms with Crippen LogP contribution in [0, 0.1) is 0 Å². The maximum Gasteiger partial charge on any atom is 0.263 e. The topological polar surface area (TPSA) is 63.5 Å². The van der Waals surface area contributed by atoms with Crippen LogP contribution in [-0.4, -0.2) is 69.3 Å². The van der Waals surface area contributed by atoms with Gasteiger partial charge in [0.25, 0.3) is 5.91 Å². The van der Waals surface area contributed by atoms with Crippen LogP contribution in [0.2, 0.25) is 0 Å². The minimum atomic E-state index is -0.336. The standard InChI is InChI=1S/C18H23N5O2/c24-18(17-6-5-15-3-1-2-4-16(15)25-17)22-10-7-21(8-11-22)9-12-23-14-19-13-20-23/h1-4,13-14,17H,5-12H2/t17-/m0/s1. The fourth-order valence-corrected chi connectivity index (χ4v) is 3.49. The molecule has 1 atom stereocenters. The number of carbonyl (C=O) groups excluding carboxylic acids is 1. The number of hydrogen-bond acceptors (Lipinski definition) is 5. The molecule has 3 heterocycles. The first kappa shape index (κ1) is 16.1. The van der Waals surface area contributed by atoms with Crippen molar-refractivity contribution >= 4 is 5.91 Å². The molecule has 0 unspecified atom stereocenters. The summed E-state index contributed by atoms with van der Waals surface area (Å²) in [4.78, 5) is 21.0. The van der Waals surface area contributed by atoms with Gasteiger partial charge in [-0.1, -0.05) is 18.2 Å². The maximum absolute atomic E-state index is 12.8. The highest BCUT2D eigenvalue weighted by Crippen LogP contribution is 2.27. The smallest absolute Gasteiger partial charge is 0.263 e. The molecular formula is C18H23N5O2. The molecule has 0 bridgehead atoms. The van der Waals surface area contributed by atoms with E-state index in [4.69, 9.17) is 4.74 Å². The number of piperazine rings is 1. The number of benzene rings is 1. The van der Waals surface area contributed by atoms with E-state index in [1.807, 2.05) is 27.8 Å². The number of aryl methyl sites for hydroxylation is 1. The van der Waals surface area contributed by atoms with Crippen LogP contribution >= 0.6 is 0 Å². The third-order valence-corrected chi connectivity index (χ3v) is 4.99. The van der Waals surface area contributed by atoms with Gasteiger partial charge in [-0.25, -0.2) is 4.98 Å². The lowest BCUT2D eigenvalue weighted by molar-refractivity contribution is -0.141. The van der Waals surface area contributed by atoms with Crippen LogP contribution in [0.25, 0.3) is 0 Å². The van der Waals surface area contributed by atoms with Gasteiger partial charge in [-0.05, 0) is 24.5 Å². The maximum atomic E-state index is 12.8. The number of nitrogens with zero attached hydrogens (tertiary/aromatic N) is 5. The van der Waals surface area contributed by atoms with Gasteiger partial charge in [0.1, 0.15) is 18.4 Å². The lowest BCUT2D eigenvalue weighted by Crippen LogP contribution is -2.53. The zero-order valence-corrected chi connectivity index (χ0v) is 14.3. The number of para-hydroxylation sites is 1. The summed E-state index contributed by atoms with van der Waals surface area (Å²) in [5.41, 5.74) is 1.20. The number of fused-ring (bicyclic) bond motifs is 1. The van der Waals surface area contributed by atoms with E-state index in [0.29, 0.717) is 0 Å². The van der Waals surface area contributed by atoms with Gasteiger partial charge in [0.15, 0.2) is 6.10 Å². The molecule has 7 nitrogen and oxygen atoms in total. The quantitative estimate of drug-likeness (QED) is 0.824. The predicted octanol–water partition coefficient (Wildman–Crippen LogP) is 0.816. The number of hydrogen-bond donors (Lipinski definition) is 0. The third kappa shape index (κ3) is 3.66. The van der Waals surface area contributed by atoms with Crippen LogP contribution in [0.3, 0.4) is 0 Å². The molecule has 0 radical (unpaired) electrons. The summed E-state index contributed by atoms with van der Waals surface area (Å²) >= 11 is 0. The van der Waals surface area contributed by atoms with Crippen LogP contribution < -0.4 is 4.74 Å². The van der Waals surface area contributed by atoms with Crippen molar-refractivity contribution in [3.8, 4) is 5.75 Å². The van der Waals surface area contributed by atoms with Crippen molar-refractivity contribution < 1.29 is 9.53 Å². The van der Waals surface area contributed by atoms with E-state index in [0.717, 1.165) is 57.9 Å². The highest BCUT2D eigenvalue weighted by atomic mass is 16.5. The van der Waals surface area contributed by atoms with Crippen molar-refractivity contribution in [1.82, 2.24) is 24.6 Å². The molecule has 2 aliphatic heterocycles. The molecule has 0 spiro atoms. The second kappa shape index (κ2) is 7.23. The lowest BCUT2D eigenvalue weighted by Gasteiger charge is -2.37. The Labute approximate surface area is 147 Å². The van der Waals surface area contributed by atoms with E-state index in [-0.39, 0.29) is 12.0 Å². The van der Waals surface area contributed by atoms with Gasteiger partial charge in [-0.3, -0.25) is 14.4 Å². The Bertz CT molecular complexity index is 710. The molecule has 1 aromatic carbocycles. The number of aromatic nitrogens is 3. The Morgan fingerprint density at radius 2 is 2.00 bits per heavy atom. The first-order valence-corrected chi connectivity index (χ1v) is 8.88. The first-order valence-electron chi connectivity index (χ1n) is 8.88. The number of rotatable bonds is 4. The van der Waals surface area contributed by atoms with Crippen molar-refractivity contribution in [2.24, 2.45) is 0 Å². The fraction of sp³-hybridized carbons (Fsp3) is 0.500. The summed E-state index contributed by atoms with van der Waals surface area (Å²) in [6.07, 6.45) is 4.63. The minimum Gasteiger partial charge on any atom is -0.480 e. The normalized spacial score (nSPS) is 20.8. The molecule has 0 saturated carbocycles. The average molecular weight is 341 g/mol. The number of ether oxygens (including phenoxy) is 1. The van der Waals surface area contributed by atoms with Gasteiger partial charge < -0.3 is 9.64 Å². The third-order valence-electron chi connectivity index (χ3n) is 4.99. The summed E-state index contributed by atoms with van der Waals surface area (Å²) < 4.78 is 7.79. The van der Waals surface area contributed by atoms with E-state index >= 15 is 0 Å². The predicted molar refractivity (Wildman–Crippen MR) is 92.2 cm³/mol. The summed E-state index contributed by atoms with van der Waals surface area (Å²) in [5.74, 6) is 0.990. The van der Waals surface area contributed by atoms with Gasteiger partial charge in [-0.15, -0.1) is 0 Å². The molecule has 25 heavy (non-hydrogen) atoms.